The number of likely N-dealkylation sites (tertiary alicyclic amines) is 1. The van der Waals surface area contributed by atoms with Gasteiger partial charge in [0.1, 0.15) is 17.5 Å². The Kier molecular flexibility index (Phi) is 10.3. The number of nitrogens with one attached hydrogen (secondary N) is 1. The molecule has 2 amide bonds. The smallest absolute Gasteiger partial charge is 0.415 e. The topological polar surface area (TPSA) is 128 Å². The summed E-state index contributed by atoms with van der Waals surface area (Å²) in [5, 5.41) is 15.0. The molecule has 1 atom stereocenters. The van der Waals surface area contributed by atoms with E-state index >= 15 is 0 Å². The minimum Gasteiger partial charge on any atom is -0.480 e. The molecule has 11 nitrogen and oxygen atoms in total. The molecule has 220 valence electrons. The van der Waals surface area contributed by atoms with Crippen LogP contribution in [0.5, 0.6) is 5.75 Å². The van der Waals surface area contributed by atoms with Gasteiger partial charge in [0.05, 0.1) is 17.6 Å². The number of aliphatic carboxylic acids is 1. The molecule has 4 rings (SSSR count). The molecule has 0 unspecified atom stereocenters. The molecule has 1 saturated heterocycles. The highest BCUT2D eigenvalue weighted by Gasteiger charge is 2.27. The number of thiophene rings is 1. The maximum absolute atomic E-state index is 13.4. The fourth-order valence-corrected chi connectivity index (χ4v) is 5.25. The molecular weight excluding hydrogens is 556 g/mol. The highest BCUT2D eigenvalue weighted by Crippen LogP contribution is 2.29. The zero-order chi connectivity index (χ0) is 30.1. The predicted octanol–water partition coefficient (Wildman–Crippen LogP) is 4.37. The van der Waals surface area contributed by atoms with Crippen molar-refractivity contribution in [3.05, 3.63) is 58.4 Å². The molecule has 0 spiro atoms. The average molecular weight is 591 g/mol. The van der Waals surface area contributed by atoms with Crippen LogP contribution >= 0.6 is 11.3 Å². The first kappa shape index (κ1) is 30.3. The summed E-state index contributed by atoms with van der Waals surface area (Å²) in [6, 6.07) is 9.08. The number of rotatable bonds is 12. The molecule has 0 radical (unpaired) electrons. The number of carboxylic acid groups (broad SMARTS) is 1. The third-order valence-corrected chi connectivity index (χ3v) is 7.72. The van der Waals surface area contributed by atoms with Crippen LogP contribution in [0.15, 0.2) is 48.0 Å². The van der Waals surface area contributed by atoms with E-state index in [9.17, 15) is 19.5 Å². The standard InChI is InChI=1S/C30H34N6O5S/c1-4-15-36(27(37)25-10-9-18-42-25)24-20-31-29(34(5-2)6-3)33-26(24)32-23(28(38)39)19-21-11-13-22(14-12-21)41-30(40)35-16-7-8-17-35/h1,9-14,18,20,23H,5-8,15-17,19H2,2-3H3,(H,38,39)(H,31,32,33)/t23-/m0/s1. The number of ether oxygens (including phenoxy) is 1. The van der Waals surface area contributed by atoms with Crippen LogP contribution in [0, 0.1) is 12.3 Å². The number of carbonyl (C=O) groups excluding carboxylic acids is 2. The minimum absolute atomic E-state index is 0.0608. The van der Waals surface area contributed by atoms with Gasteiger partial charge in [0.2, 0.25) is 5.95 Å². The Morgan fingerprint density at radius 3 is 2.48 bits per heavy atom. The van der Waals surface area contributed by atoms with Gasteiger partial charge in [-0.15, -0.1) is 17.8 Å². The van der Waals surface area contributed by atoms with Crippen LogP contribution in [0.1, 0.15) is 41.9 Å². The Morgan fingerprint density at radius 2 is 1.88 bits per heavy atom. The van der Waals surface area contributed by atoms with Crippen molar-refractivity contribution in [3.8, 4) is 18.1 Å². The summed E-state index contributed by atoms with van der Waals surface area (Å²) in [5.41, 5.74) is 0.975. The highest BCUT2D eigenvalue weighted by atomic mass is 32.1. The van der Waals surface area contributed by atoms with E-state index < -0.39 is 12.0 Å². The number of carboxylic acids is 1. The van der Waals surface area contributed by atoms with Crippen molar-refractivity contribution < 1.29 is 24.2 Å². The third-order valence-electron chi connectivity index (χ3n) is 6.86. The normalized spacial score (nSPS) is 13.2. The van der Waals surface area contributed by atoms with Gasteiger partial charge < -0.3 is 25.0 Å². The van der Waals surface area contributed by atoms with E-state index in [-0.39, 0.29) is 36.5 Å². The van der Waals surface area contributed by atoms with Gasteiger partial charge in [-0.25, -0.2) is 14.6 Å². The molecule has 1 aromatic carbocycles. The number of anilines is 3. The Labute approximate surface area is 249 Å². The van der Waals surface area contributed by atoms with Gasteiger partial charge in [-0.05, 0) is 55.8 Å². The lowest BCUT2D eigenvalue weighted by atomic mass is 10.1. The first-order valence-electron chi connectivity index (χ1n) is 13.8. The fourth-order valence-electron chi connectivity index (χ4n) is 4.58. The maximum Gasteiger partial charge on any atom is 0.415 e. The number of carbonyl (C=O) groups is 3. The van der Waals surface area contributed by atoms with Crippen molar-refractivity contribution >= 4 is 46.8 Å². The van der Waals surface area contributed by atoms with Crippen molar-refractivity contribution in [2.75, 3.05) is 47.8 Å². The second-order valence-corrected chi connectivity index (χ2v) is 10.5. The van der Waals surface area contributed by atoms with Crippen molar-refractivity contribution in [1.29, 1.82) is 0 Å². The quantitative estimate of drug-likeness (QED) is 0.296. The van der Waals surface area contributed by atoms with Gasteiger partial charge in [-0.2, -0.15) is 4.98 Å². The summed E-state index contributed by atoms with van der Waals surface area (Å²) in [4.78, 5) is 52.6. The second-order valence-electron chi connectivity index (χ2n) is 9.59. The highest BCUT2D eigenvalue weighted by molar-refractivity contribution is 7.12. The van der Waals surface area contributed by atoms with Crippen LogP contribution in [0.3, 0.4) is 0 Å². The first-order valence-corrected chi connectivity index (χ1v) is 14.7. The minimum atomic E-state index is -1.11. The molecule has 1 fully saturated rings. The number of terminal acetylenes is 1. The van der Waals surface area contributed by atoms with E-state index in [1.165, 1.54) is 22.4 Å². The maximum atomic E-state index is 13.4. The summed E-state index contributed by atoms with van der Waals surface area (Å²) in [6.07, 6.45) is 8.74. The number of aromatic nitrogens is 2. The van der Waals surface area contributed by atoms with Gasteiger partial charge in [0, 0.05) is 32.6 Å². The summed E-state index contributed by atoms with van der Waals surface area (Å²) in [7, 11) is 0. The molecule has 1 aliphatic heterocycles. The van der Waals surface area contributed by atoms with Gasteiger partial charge >= 0.3 is 12.1 Å². The van der Waals surface area contributed by atoms with E-state index in [0.717, 1.165) is 12.8 Å². The van der Waals surface area contributed by atoms with E-state index in [0.29, 0.717) is 48.3 Å². The van der Waals surface area contributed by atoms with Gasteiger partial charge in [0.25, 0.3) is 5.91 Å². The molecule has 0 aliphatic carbocycles. The molecule has 0 bridgehead atoms. The molecule has 12 heteroatoms. The first-order chi connectivity index (χ1) is 20.3. The van der Waals surface area contributed by atoms with E-state index in [1.54, 1.807) is 46.7 Å². The predicted molar refractivity (Wildman–Crippen MR) is 162 cm³/mol. The van der Waals surface area contributed by atoms with Crippen LogP contribution in [-0.2, 0) is 11.2 Å². The summed E-state index contributed by atoms with van der Waals surface area (Å²) in [5.74, 6) is 2.02. The zero-order valence-corrected chi connectivity index (χ0v) is 24.5. The van der Waals surface area contributed by atoms with Crippen molar-refractivity contribution in [2.24, 2.45) is 0 Å². The molecule has 2 aromatic heterocycles. The largest absolute Gasteiger partial charge is 0.480 e. The molecule has 2 N–H and O–H groups in total. The average Bonchev–Trinajstić information content (AvgIpc) is 3.73. The van der Waals surface area contributed by atoms with E-state index in [1.807, 2.05) is 18.7 Å². The molecule has 1 aliphatic rings. The molecule has 3 heterocycles. The molecule has 3 aromatic rings. The number of hydrogen-bond donors (Lipinski definition) is 2. The third kappa shape index (κ3) is 7.36. The Hall–Kier alpha value is -4.63. The zero-order valence-electron chi connectivity index (χ0n) is 23.7. The van der Waals surface area contributed by atoms with Crippen LogP contribution in [0.4, 0.5) is 22.2 Å². The Balaban J connectivity index is 1.60. The van der Waals surface area contributed by atoms with Crippen LogP contribution < -0.4 is 19.9 Å². The van der Waals surface area contributed by atoms with Crippen molar-refractivity contribution in [1.82, 2.24) is 14.9 Å². The number of amides is 2. The second kappa shape index (κ2) is 14.3. The Bertz CT molecular complexity index is 1410. The lowest BCUT2D eigenvalue weighted by Crippen LogP contribution is -2.36. The van der Waals surface area contributed by atoms with Crippen LogP contribution in [-0.4, -0.2) is 76.7 Å². The summed E-state index contributed by atoms with van der Waals surface area (Å²) >= 11 is 1.28. The van der Waals surface area contributed by atoms with Gasteiger partial charge in [-0.3, -0.25) is 9.69 Å². The lowest BCUT2D eigenvalue weighted by molar-refractivity contribution is -0.137. The lowest BCUT2D eigenvalue weighted by Gasteiger charge is -2.26. The van der Waals surface area contributed by atoms with Crippen LogP contribution in [0.2, 0.25) is 0 Å². The number of benzene rings is 1. The Morgan fingerprint density at radius 1 is 1.17 bits per heavy atom. The fraction of sp³-hybridized carbons (Fsp3) is 0.367. The SMILES string of the molecule is C#CCN(C(=O)c1cccs1)c1cnc(N(CC)CC)nc1N[C@@H](Cc1ccc(OC(=O)N2CCCC2)cc1)C(=O)O. The van der Waals surface area contributed by atoms with Gasteiger partial charge in [0.15, 0.2) is 5.82 Å². The van der Waals surface area contributed by atoms with E-state index in [4.69, 9.17) is 11.2 Å². The van der Waals surface area contributed by atoms with Crippen LogP contribution in [0.25, 0.3) is 0 Å². The molecule has 0 saturated carbocycles. The van der Waals surface area contributed by atoms with Crippen molar-refractivity contribution in [2.45, 2.75) is 39.2 Å². The number of hydrogen-bond acceptors (Lipinski definition) is 9. The summed E-state index contributed by atoms with van der Waals surface area (Å²) in [6.45, 7) is 6.50. The number of nitrogens with zero attached hydrogens (tertiary/aromatic N) is 5. The summed E-state index contributed by atoms with van der Waals surface area (Å²) < 4.78 is 5.46. The van der Waals surface area contributed by atoms with Crippen molar-refractivity contribution in [3.63, 3.8) is 0 Å². The molecular formula is C30H34N6O5S. The van der Waals surface area contributed by atoms with Gasteiger partial charge in [-0.1, -0.05) is 24.1 Å². The van der Waals surface area contributed by atoms with E-state index in [2.05, 4.69) is 21.2 Å². The molecule has 42 heavy (non-hydrogen) atoms. The monoisotopic (exact) mass is 590 g/mol.